The van der Waals surface area contributed by atoms with Crippen LogP contribution in [0.4, 0.5) is 0 Å². The summed E-state index contributed by atoms with van der Waals surface area (Å²) in [6, 6.07) is 0. The third-order valence-electron chi connectivity index (χ3n) is 4.75. The van der Waals surface area contributed by atoms with Gasteiger partial charge in [0.2, 0.25) is 0 Å². The molecule has 0 aromatic heterocycles. The maximum absolute atomic E-state index is 5.46. The first-order chi connectivity index (χ1) is 10.8. The zero-order valence-electron chi connectivity index (χ0n) is 16.0. The number of hydrogen-bond acceptors (Lipinski definition) is 1. The molecule has 0 amide bonds. The van der Waals surface area contributed by atoms with Crippen molar-refractivity contribution in [1.82, 2.24) is 0 Å². The molecule has 1 atom stereocenters. The van der Waals surface area contributed by atoms with Crippen molar-refractivity contribution in [3.05, 3.63) is 0 Å². The Morgan fingerprint density at radius 1 is 0.682 bits per heavy atom. The average molecular weight is 345 g/mol. The molecular weight excluding hydrogens is 300 g/mol. The Morgan fingerprint density at radius 3 is 1.41 bits per heavy atom. The fourth-order valence-electron chi connectivity index (χ4n) is 3.23. The van der Waals surface area contributed by atoms with Gasteiger partial charge in [0.05, 0.1) is 0 Å². The molecule has 3 heteroatoms. The second-order valence-corrected chi connectivity index (χ2v) is 11.3. The summed E-state index contributed by atoms with van der Waals surface area (Å²) in [6.45, 7) is 4.68. The molecule has 0 rings (SSSR count). The second-order valence-electron chi connectivity index (χ2n) is 7.30. The molecule has 134 valence electrons. The van der Waals surface area contributed by atoms with Crippen LogP contribution in [0, 0.1) is 0 Å². The van der Waals surface area contributed by atoms with Gasteiger partial charge in [0.25, 0.3) is 0 Å². The summed E-state index contributed by atoms with van der Waals surface area (Å²) in [5.41, 5.74) is 0.916. The van der Waals surface area contributed by atoms with Gasteiger partial charge in [-0.25, -0.2) is 0 Å². The van der Waals surface area contributed by atoms with E-state index in [1.807, 2.05) is 0 Å². The summed E-state index contributed by atoms with van der Waals surface area (Å²) < 4.78 is 5.46. The van der Waals surface area contributed by atoms with Crippen molar-refractivity contribution in [2.24, 2.45) is 0 Å². The fraction of sp³-hybridized carbons (Fsp3) is 1.00. The van der Waals surface area contributed by atoms with Crippen LogP contribution in [0.25, 0.3) is 0 Å². The van der Waals surface area contributed by atoms with E-state index in [0.717, 1.165) is 16.0 Å². The minimum Gasteiger partial charge on any atom is -0.468 e. The normalized spacial score (nSPS) is 13.4. The van der Waals surface area contributed by atoms with Crippen molar-refractivity contribution in [3.8, 4) is 0 Å². The lowest BCUT2D eigenvalue weighted by atomic mass is 10.0. The van der Waals surface area contributed by atoms with Crippen molar-refractivity contribution < 1.29 is 4.12 Å². The fourth-order valence-corrected chi connectivity index (χ4v) is 5.96. The molecule has 0 aliphatic heterocycles. The lowest BCUT2D eigenvalue weighted by molar-refractivity contribution is 0.526. The third-order valence-corrected chi connectivity index (χ3v) is 7.06. The van der Waals surface area contributed by atoms with Gasteiger partial charge in [0, 0.05) is 0 Å². The van der Waals surface area contributed by atoms with Gasteiger partial charge in [-0.05, 0) is 5.54 Å². The van der Waals surface area contributed by atoms with Crippen LogP contribution in [-0.2, 0) is 4.12 Å². The Labute approximate surface area is 146 Å². The predicted molar refractivity (Wildman–Crippen MR) is 109 cm³/mol. The molecule has 0 aliphatic rings. The summed E-state index contributed by atoms with van der Waals surface area (Å²) in [7, 11) is 0.803. The molecule has 1 nitrogen and oxygen atoms in total. The highest BCUT2D eigenvalue weighted by molar-refractivity contribution is 6.35. The Bertz CT molecular complexity index is 200. The van der Waals surface area contributed by atoms with Gasteiger partial charge >= 0.3 is 0 Å². The Morgan fingerprint density at radius 2 is 1.05 bits per heavy atom. The van der Waals surface area contributed by atoms with E-state index in [-0.39, 0.29) is 9.76 Å². The van der Waals surface area contributed by atoms with Crippen molar-refractivity contribution in [2.75, 3.05) is 0 Å². The third kappa shape index (κ3) is 18.4. The first-order valence-corrected chi connectivity index (χ1v) is 12.5. The van der Waals surface area contributed by atoms with E-state index >= 15 is 0 Å². The van der Waals surface area contributed by atoms with E-state index in [1.54, 1.807) is 0 Å². The minimum atomic E-state index is -0.157. The van der Waals surface area contributed by atoms with Crippen molar-refractivity contribution >= 4 is 20.2 Å². The minimum absolute atomic E-state index is 0.157. The van der Waals surface area contributed by atoms with Crippen molar-refractivity contribution in [2.45, 2.75) is 122 Å². The molecule has 0 aliphatic carbocycles. The molecule has 0 N–H and O–H groups in total. The van der Waals surface area contributed by atoms with E-state index in [4.69, 9.17) is 4.12 Å². The van der Waals surface area contributed by atoms with E-state index in [0.29, 0.717) is 0 Å². The molecule has 0 fully saturated rings. The molecule has 0 aromatic carbocycles. The van der Waals surface area contributed by atoms with Gasteiger partial charge in [0.15, 0.2) is 0 Å². The van der Waals surface area contributed by atoms with Gasteiger partial charge in [-0.3, -0.25) is 0 Å². The zero-order valence-corrected chi connectivity index (χ0v) is 19.4. The lowest BCUT2D eigenvalue weighted by Crippen LogP contribution is -2.02. The van der Waals surface area contributed by atoms with Crippen LogP contribution in [0.2, 0.25) is 5.54 Å². The van der Waals surface area contributed by atoms with E-state index in [2.05, 4.69) is 13.8 Å². The Hall–Kier alpha value is 0.394. The molecule has 0 bridgehead atoms. The van der Waals surface area contributed by atoms with E-state index < -0.39 is 0 Å². The molecule has 22 heavy (non-hydrogen) atoms. The molecule has 0 saturated carbocycles. The Kier molecular flexibility index (Phi) is 19.8. The molecule has 0 saturated heterocycles. The summed E-state index contributed by atoms with van der Waals surface area (Å²) in [4.78, 5) is 0. The second kappa shape index (κ2) is 19.4. The molecule has 0 aromatic rings. The molecular formula is C19H44OSi2. The van der Waals surface area contributed by atoms with Gasteiger partial charge in [-0.2, -0.15) is 0 Å². The molecule has 1 unspecified atom stereocenters. The van der Waals surface area contributed by atoms with Crippen LogP contribution in [0.15, 0.2) is 0 Å². The van der Waals surface area contributed by atoms with Crippen LogP contribution in [0.1, 0.15) is 117 Å². The maximum atomic E-state index is 5.46. The number of rotatable bonds is 18. The SMILES string of the molecule is CCCCCCCCCCCCCCCCCC(C)[SiH2]O[SiH3]. The van der Waals surface area contributed by atoms with Gasteiger partial charge < -0.3 is 4.12 Å². The van der Waals surface area contributed by atoms with Crippen LogP contribution in [-0.4, -0.2) is 20.2 Å². The van der Waals surface area contributed by atoms with Gasteiger partial charge in [-0.15, -0.1) is 0 Å². The first-order valence-electron chi connectivity index (χ1n) is 10.3. The van der Waals surface area contributed by atoms with Crippen LogP contribution >= 0.6 is 0 Å². The van der Waals surface area contributed by atoms with E-state index in [9.17, 15) is 0 Å². The van der Waals surface area contributed by atoms with E-state index in [1.165, 1.54) is 103 Å². The quantitative estimate of drug-likeness (QED) is 0.238. The zero-order chi connectivity index (χ0) is 16.3. The number of unbranched alkanes of at least 4 members (excludes halogenated alkanes) is 14. The summed E-state index contributed by atoms with van der Waals surface area (Å²) in [6.07, 6.45) is 23.4. The summed E-state index contributed by atoms with van der Waals surface area (Å²) >= 11 is 0. The highest BCUT2D eigenvalue weighted by atomic mass is 28.3. The summed E-state index contributed by atoms with van der Waals surface area (Å²) in [5, 5.41) is 0. The topological polar surface area (TPSA) is 9.23 Å². The monoisotopic (exact) mass is 344 g/mol. The molecule has 0 spiro atoms. The van der Waals surface area contributed by atoms with Crippen LogP contribution in [0.3, 0.4) is 0 Å². The van der Waals surface area contributed by atoms with Crippen LogP contribution in [0.5, 0.6) is 0 Å². The largest absolute Gasteiger partial charge is 0.468 e. The smallest absolute Gasteiger partial charge is 0.148 e. The number of hydrogen-bond donors (Lipinski definition) is 0. The van der Waals surface area contributed by atoms with Crippen LogP contribution < -0.4 is 0 Å². The van der Waals surface area contributed by atoms with Crippen molar-refractivity contribution in [1.29, 1.82) is 0 Å². The molecule has 0 heterocycles. The maximum Gasteiger partial charge on any atom is 0.148 e. The first kappa shape index (κ1) is 22.4. The van der Waals surface area contributed by atoms with Crippen molar-refractivity contribution in [3.63, 3.8) is 0 Å². The lowest BCUT2D eigenvalue weighted by Gasteiger charge is -2.08. The van der Waals surface area contributed by atoms with Gasteiger partial charge in [0.1, 0.15) is 20.2 Å². The van der Waals surface area contributed by atoms with Gasteiger partial charge in [-0.1, -0.05) is 117 Å². The average Bonchev–Trinajstić information content (AvgIpc) is 2.51. The Balaban J connectivity index is 3.00. The highest BCUT2D eigenvalue weighted by Crippen LogP contribution is 2.16. The predicted octanol–water partition coefficient (Wildman–Crippen LogP) is 5.44. The highest BCUT2D eigenvalue weighted by Gasteiger charge is 2.01. The summed E-state index contributed by atoms with van der Waals surface area (Å²) in [5.74, 6) is 0. The standard InChI is InChI=1S/C19H44OSi2/c1-3-4-5-6-7-8-9-10-11-12-13-14-15-16-17-18-19(2)22-20-21/h19H,3-18,22H2,1-2,21H3. The molecule has 0 radical (unpaired) electrons.